The highest BCUT2D eigenvalue weighted by atomic mass is 16.3. The zero-order valence-corrected chi connectivity index (χ0v) is 11.3. The molecule has 1 heterocycles. The number of nitrogens with zero attached hydrogens (tertiary/aromatic N) is 1. The Morgan fingerprint density at radius 2 is 1.90 bits per heavy atom. The Balaban J connectivity index is 1.73. The molecule has 5 nitrogen and oxygen atoms in total. The molecular weight excluding hydrogens is 256 g/mol. The second kappa shape index (κ2) is 4.98. The lowest BCUT2D eigenvalue weighted by atomic mass is 9.79. The molecule has 1 aromatic rings. The Morgan fingerprint density at radius 1 is 1.15 bits per heavy atom. The van der Waals surface area contributed by atoms with Gasteiger partial charge >= 0.3 is 0 Å². The number of carbonyl (C=O) groups is 1. The molecular formula is C15H20N2O3. The number of phenolic OH excluding ortho intramolecular Hbond substituents is 2. The molecule has 1 aliphatic heterocycles. The van der Waals surface area contributed by atoms with Crippen LogP contribution in [0.1, 0.15) is 29.6 Å². The largest absolute Gasteiger partial charge is 0.504 e. The van der Waals surface area contributed by atoms with E-state index in [1.54, 1.807) is 6.07 Å². The van der Waals surface area contributed by atoms with Gasteiger partial charge in [-0.05, 0) is 49.3 Å². The fourth-order valence-electron chi connectivity index (χ4n) is 3.47. The summed E-state index contributed by atoms with van der Waals surface area (Å²) in [6.45, 7) is 1.52. The average Bonchev–Trinajstić information content (AvgIpc) is 2.84. The van der Waals surface area contributed by atoms with Crippen molar-refractivity contribution in [2.75, 3.05) is 13.1 Å². The zero-order valence-electron chi connectivity index (χ0n) is 11.3. The van der Waals surface area contributed by atoms with Gasteiger partial charge in [0, 0.05) is 24.7 Å². The molecule has 2 aliphatic rings. The van der Waals surface area contributed by atoms with E-state index >= 15 is 0 Å². The first-order chi connectivity index (χ1) is 9.54. The minimum absolute atomic E-state index is 0.0803. The maximum Gasteiger partial charge on any atom is 0.254 e. The average molecular weight is 276 g/mol. The van der Waals surface area contributed by atoms with E-state index in [0.29, 0.717) is 17.4 Å². The van der Waals surface area contributed by atoms with Crippen molar-refractivity contribution in [1.82, 2.24) is 4.90 Å². The van der Waals surface area contributed by atoms with Crippen molar-refractivity contribution in [3.05, 3.63) is 23.8 Å². The molecule has 0 aromatic heterocycles. The second-order valence-corrected chi connectivity index (χ2v) is 6.01. The molecule has 108 valence electrons. The minimum Gasteiger partial charge on any atom is -0.504 e. The molecule has 1 saturated heterocycles. The van der Waals surface area contributed by atoms with Crippen LogP contribution >= 0.6 is 0 Å². The molecule has 3 rings (SSSR count). The van der Waals surface area contributed by atoms with E-state index in [9.17, 15) is 15.0 Å². The van der Waals surface area contributed by atoms with Gasteiger partial charge in [0.1, 0.15) is 0 Å². The fourth-order valence-corrected chi connectivity index (χ4v) is 3.47. The lowest BCUT2D eigenvalue weighted by molar-refractivity contribution is 0.0783. The molecule has 1 aromatic carbocycles. The van der Waals surface area contributed by atoms with Gasteiger partial charge in [-0.2, -0.15) is 0 Å². The molecule has 1 unspecified atom stereocenters. The Morgan fingerprint density at radius 3 is 2.65 bits per heavy atom. The SMILES string of the molecule is NC1CC[C@@H]2CN(C(=O)c3ccc(O)c(O)c3)C[C@@H]2C1. The number of amides is 1. The smallest absolute Gasteiger partial charge is 0.254 e. The minimum atomic E-state index is -0.255. The number of hydrogen-bond acceptors (Lipinski definition) is 4. The van der Waals surface area contributed by atoms with Crippen molar-refractivity contribution in [3.8, 4) is 11.5 Å². The molecule has 20 heavy (non-hydrogen) atoms. The van der Waals surface area contributed by atoms with E-state index < -0.39 is 0 Å². The van der Waals surface area contributed by atoms with Crippen molar-refractivity contribution in [1.29, 1.82) is 0 Å². The third-order valence-electron chi connectivity index (χ3n) is 4.60. The van der Waals surface area contributed by atoms with Gasteiger partial charge in [0.25, 0.3) is 5.91 Å². The van der Waals surface area contributed by atoms with Crippen LogP contribution < -0.4 is 5.73 Å². The van der Waals surface area contributed by atoms with Crippen LogP contribution in [0.4, 0.5) is 0 Å². The topological polar surface area (TPSA) is 86.8 Å². The van der Waals surface area contributed by atoms with Crippen LogP contribution in [-0.4, -0.2) is 40.2 Å². The van der Waals surface area contributed by atoms with Crippen LogP contribution in [0.2, 0.25) is 0 Å². The Labute approximate surface area is 118 Å². The van der Waals surface area contributed by atoms with Gasteiger partial charge in [-0.15, -0.1) is 0 Å². The quantitative estimate of drug-likeness (QED) is 0.675. The van der Waals surface area contributed by atoms with Gasteiger partial charge in [-0.25, -0.2) is 0 Å². The summed E-state index contributed by atoms with van der Waals surface area (Å²) < 4.78 is 0. The highest BCUT2D eigenvalue weighted by Gasteiger charge is 2.38. The molecule has 0 radical (unpaired) electrons. The number of hydrogen-bond donors (Lipinski definition) is 3. The molecule has 2 fully saturated rings. The van der Waals surface area contributed by atoms with Crippen LogP contribution in [0, 0.1) is 11.8 Å². The number of benzene rings is 1. The van der Waals surface area contributed by atoms with E-state index in [0.717, 1.165) is 32.4 Å². The van der Waals surface area contributed by atoms with Crippen molar-refractivity contribution >= 4 is 5.91 Å². The molecule has 0 bridgehead atoms. The highest BCUT2D eigenvalue weighted by molar-refractivity contribution is 5.95. The second-order valence-electron chi connectivity index (χ2n) is 6.01. The van der Waals surface area contributed by atoms with Gasteiger partial charge in [0.05, 0.1) is 0 Å². The Kier molecular flexibility index (Phi) is 3.30. The number of likely N-dealkylation sites (tertiary alicyclic amines) is 1. The summed E-state index contributed by atoms with van der Waals surface area (Å²) in [5.74, 6) is 0.526. The van der Waals surface area contributed by atoms with Gasteiger partial charge in [-0.3, -0.25) is 4.79 Å². The predicted molar refractivity (Wildman–Crippen MR) is 74.5 cm³/mol. The van der Waals surface area contributed by atoms with Crippen LogP contribution in [0.15, 0.2) is 18.2 Å². The number of rotatable bonds is 1. The lowest BCUT2D eigenvalue weighted by Gasteiger charge is -2.27. The van der Waals surface area contributed by atoms with Crippen molar-refractivity contribution in [3.63, 3.8) is 0 Å². The molecule has 1 saturated carbocycles. The molecule has 5 heteroatoms. The zero-order chi connectivity index (χ0) is 14.3. The fraction of sp³-hybridized carbons (Fsp3) is 0.533. The summed E-state index contributed by atoms with van der Waals surface area (Å²) in [5, 5.41) is 18.8. The maximum atomic E-state index is 12.4. The van der Waals surface area contributed by atoms with Gasteiger partial charge in [-0.1, -0.05) is 0 Å². The van der Waals surface area contributed by atoms with Crippen LogP contribution in [0.3, 0.4) is 0 Å². The molecule has 0 spiro atoms. The van der Waals surface area contributed by atoms with Crippen LogP contribution in [0.25, 0.3) is 0 Å². The predicted octanol–water partition coefficient (Wildman–Crippen LogP) is 1.30. The van der Waals surface area contributed by atoms with E-state index in [2.05, 4.69) is 0 Å². The summed E-state index contributed by atoms with van der Waals surface area (Å²) >= 11 is 0. The summed E-state index contributed by atoms with van der Waals surface area (Å²) in [7, 11) is 0. The Bertz CT molecular complexity index is 532. The number of phenols is 2. The van der Waals surface area contributed by atoms with Crippen LogP contribution in [-0.2, 0) is 0 Å². The van der Waals surface area contributed by atoms with Gasteiger partial charge in [0.2, 0.25) is 0 Å². The highest BCUT2D eigenvalue weighted by Crippen LogP contribution is 2.36. The standard InChI is InChI=1S/C15H20N2O3/c16-12-3-1-10-7-17(8-11(10)5-12)15(20)9-2-4-13(18)14(19)6-9/h2,4,6,10-12,18-19H,1,3,5,7-8,16H2/t10-,11+,12?/m1/s1. The Hall–Kier alpha value is -1.75. The van der Waals surface area contributed by atoms with E-state index in [4.69, 9.17) is 5.73 Å². The van der Waals surface area contributed by atoms with Crippen molar-refractivity contribution in [2.24, 2.45) is 17.6 Å². The number of fused-ring (bicyclic) bond motifs is 1. The third-order valence-corrected chi connectivity index (χ3v) is 4.60. The van der Waals surface area contributed by atoms with Crippen molar-refractivity contribution in [2.45, 2.75) is 25.3 Å². The molecule has 1 amide bonds. The summed E-state index contributed by atoms with van der Waals surface area (Å²) in [4.78, 5) is 14.3. The van der Waals surface area contributed by atoms with E-state index in [1.807, 2.05) is 4.90 Å². The lowest BCUT2D eigenvalue weighted by Crippen LogP contribution is -2.32. The molecule has 4 N–H and O–H groups in total. The van der Waals surface area contributed by atoms with E-state index in [-0.39, 0.29) is 23.4 Å². The number of aromatic hydroxyl groups is 2. The van der Waals surface area contributed by atoms with Gasteiger partial charge < -0.3 is 20.8 Å². The summed E-state index contributed by atoms with van der Waals surface area (Å²) in [5.41, 5.74) is 6.42. The summed E-state index contributed by atoms with van der Waals surface area (Å²) in [6.07, 6.45) is 3.13. The molecule has 1 aliphatic carbocycles. The number of nitrogens with two attached hydrogens (primary N) is 1. The van der Waals surface area contributed by atoms with Crippen molar-refractivity contribution < 1.29 is 15.0 Å². The first-order valence-corrected chi connectivity index (χ1v) is 7.11. The normalized spacial score (nSPS) is 29.2. The van der Waals surface area contributed by atoms with Crippen LogP contribution in [0.5, 0.6) is 11.5 Å². The van der Waals surface area contributed by atoms with Gasteiger partial charge in [0.15, 0.2) is 11.5 Å². The first kappa shape index (κ1) is 13.2. The number of carbonyl (C=O) groups excluding carboxylic acids is 1. The molecule has 3 atom stereocenters. The first-order valence-electron chi connectivity index (χ1n) is 7.11. The summed E-state index contributed by atoms with van der Waals surface area (Å²) in [6, 6.07) is 4.49. The maximum absolute atomic E-state index is 12.4. The third kappa shape index (κ3) is 2.33. The monoisotopic (exact) mass is 276 g/mol. The van der Waals surface area contributed by atoms with E-state index in [1.165, 1.54) is 12.1 Å².